The first kappa shape index (κ1) is 10.0. The average Bonchev–Trinajstić information content (AvgIpc) is 2.72. The molecule has 1 amide bonds. The molecule has 0 spiro atoms. The number of aromatic nitrogens is 1. The molecule has 3 nitrogen and oxygen atoms in total. The number of carbonyl (C=O) groups is 1. The number of hydrogen-bond donors (Lipinski definition) is 1. The van der Waals surface area contributed by atoms with Crippen LogP contribution >= 0.6 is 11.3 Å². The van der Waals surface area contributed by atoms with Gasteiger partial charge in [-0.05, 0) is 47.8 Å². The summed E-state index contributed by atoms with van der Waals surface area (Å²) in [5.74, 6) is -0.0654. The van der Waals surface area contributed by atoms with E-state index in [0.717, 1.165) is 22.4 Å². The van der Waals surface area contributed by atoms with Crippen molar-refractivity contribution in [2.45, 2.75) is 13.3 Å². The minimum absolute atomic E-state index is 0.0654. The van der Waals surface area contributed by atoms with Gasteiger partial charge in [0.1, 0.15) is 0 Å². The zero-order valence-corrected chi connectivity index (χ0v) is 10.6. The van der Waals surface area contributed by atoms with Crippen LogP contribution in [0.3, 0.4) is 0 Å². The molecule has 4 rings (SSSR count). The third kappa shape index (κ3) is 1.36. The molecular formula is C14H10N2OS. The second-order valence-corrected chi connectivity index (χ2v) is 5.86. The van der Waals surface area contributed by atoms with E-state index in [1.807, 2.05) is 19.1 Å². The van der Waals surface area contributed by atoms with Gasteiger partial charge in [0, 0.05) is 16.6 Å². The minimum atomic E-state index is -0.0654. The van der Waals surface area contributed by atoms with Crippen molar-refractivity contribution in [2.75, 3.05) is 5.32 Å². The highest BCUT2D eigenvalue weighted by Crippen LogP contribution is 2.51. The summed E-state index contributed by atoms with van der Waals surface area (Å²) >= 11 is 1.49. The van der Waals surface area contributed by atoms with E-state index in [9.17, 15) is 4.79 Å². The van der Waals surface area contributed by atoms with Crippen molar-refractivity contribution in [3.05, 3.63) is 57.2 Å². The first-order valence-electron chi connectivity index (χ1n) is 5.83. The van der Waals surface area contributed by atoms with E-state index in [1.165, 1.54) is 28.1 Å². The topological polar surface area (TPSA) is 42.0 Å². The smallest absolute Gasteiger partial charge is 0.258 e. The predicted molar refractivity (Wildman–Crippen MR) is 71.4 cm³/mol. The Morgan fingerprint density at radius 2 is 2.28 bits per heavy atom. The maximum Gasteiger partial charge on any atom is 0.258 e. The lowest BCUT2D eigenvalue weighted by molar-refractivity contribution is -0.112. The fraction of sp³-hybridized carbons (Fsp3) is 0.143. The third-order valence-electron chi connectivity index (χ3n) is 3.36. The van der Waals surface area contributed by atoms with Gasteiger partial charge in [0.05, 0.1) is 0 Å². The van der Waals surface area contributed by atoms with Crippen molar-refractivity contribution >= 4 is 22.4 Å². The van der Waals surface area contributed by atoms with Crippen LogP contribution < -0.4 is 5.32 Å². The maximum absolute atomic E-state index is 12.2. The molecule has 0 bridgehead atoms. The lowest BCUT2D eigenvalue weighted by Crippen LogP contribution is -2.13. The Balaban J connectivity index is 1.64. The Bertz CT molecular complexity index is 716. The Morgan fingerprint density at radius 3 is 3.06 bits per heavy atom. The van der Waals surface area contributed by atoms with E-state index < -0.39 is 0 Å². The van der Waals surface area contributed by atoms with Crippen molar-refractivity contribution in [2.24, 2.45) is 0 Å². The van der Waals surface area contributed by atoms with Crippen LogP contribution in [-0.4, -0.2) is 10.9 Å². The Morgan fingerprint density at radius 1 is 1.39 bits per heavy atom. The molecule has 0 atom stereocenters. The maximum atomic E-state index is 12.2. The van der Waals surface area contributed by atoms with Gasteiger partial charge in [-0.15, -0.1) is 11.3 Å². The van der Waals surface area contributed by atoms with Crippen LogP contribution in [0, 0.1) is 6.92 Å². The normalized spacial score (nSPS) is 19.1. The summed E-state index contributed by atoms with van der Waals surface area (Å²) in [6.07, 6.45) is 8.95. The van der Waals surface area contributed by atoms with Crippen LogP contribution in [0.4, 0.5) is 5.13 Å². The van der Waals surface area contributed by atoms with Gasteiger partial charge in [0.25, 0.3) is 5.91 Å². The summed E-state index contributed by atoms with van der Waals surface area (Å²) in [5.41, 5.74) is 5.88. The van der Waals surface area contributed by atoms with Gasteiger partial charge >= 0.3 is 0 Å². The monoisotopic (exact) mass is 254 g/mol. The highest BCUT2D eigenvalue weighted by Gasteiger charge is 2.35. The van der Waals surface area contributed by atoms with E-state index >= 15 is 0 Å². The summed E-state index contributed by atoms with van der Waals surface area (Å²) in [7, 11) is 0. The van der Waals surface area contributed by atoms with Gasteiger partial charge < -0.3 is 0 Å². The number of amides is 1. The number of aryl methyl sites for hydroxylation is 1. The van der Waals surface area contributed by atoms with Crippen LogP contribution in [0.2, 0.25) is 0 Å². The molecule has 4 heteroatoms. The van der Waals surface area contributed by atoms with Crippen molar-refractivity contribution in [1.82, 2.24) is 4.98 Å². The van der Waals surface area contributed by atoms with Crippen molar-refractivity contribution in [3.8, 4) is 0 Å². The number of rotatable bonds is 2. The number of anilines is 1. The Hall–Kier alpha value is -1.94. The van der Waals surface area contributed by atoms with Crippen molar-refractivity contribution < 1.29 is 4.79 Å². The molecule has 18 heavy (non-hydrogen) atoms. The fourth-order valence-corrected chi connectivity index (χ4v) is 3.07. The van der Waals surface area contributed by atoms with E-state index in [4.69, 9.17) is 0 Å². The summed E-state index contributed by atoms with van der Waals surface area (Å²) in [6, 6.07) is 0. The molecule has 1 heterocycles. The molecule has 1 aromatic heterocycles. The highest BCUT2D eigenvalue weighted by molar-refractivity contribution is 7.15. The molecule has 0 aliphatic heterocycles. The summed E-state index contributed by atoms with van der Waals surface area (Å²) < 4.78 is 0. The zero-order chi connectivity index (χ0) is 12.3. The van der Waals surface area contributed by atoms with Gasteiger partial charge in [-0.3, -0.25) is 10.1 Å². The zero-order valence-electron chi connectivity index (χ0n) is 9.78. The molecule has 3 aliphatic rings. The Kier molecular flexibility index (Phi) is 1.84. The molecular weight excluding hydrogens is 244 g/mol. The quantitative estimate of drug-likeness (QED) is 0.881. The molecule has 0 aromatic carbocycles. The SMILES string of the molecule is Cc1cnc(NC(=O)C2=C3C=C4CC4=C3C=C2)s1. The molecule has 0 unspecified atom stereocenters. The van der Waals surface area contributed by atoms with E-state index in [1.54, 1.807) is 6.20 Å². The second-order valence-electron chi connectivity index (χ2n) is 4.63. The Labute approximate surface area is 108 Å². The first-order chi connectivity index (χ1) is 8.72. The molecule has 1 saturated carbocycles. The molecule has 0 saturated heterocycles. The number of nitrogens with one attached hydrogen (secondary N) is 1. The van der Waals surface area contributed by atoms with Gasteiger partial charge in [-0.25, -0.2) is 4.98 Å². The van der Waals surface area contributed by atoms with Crippen LogP contribution in [-0.2, 0) is 4.79 Å². The average molecular weight is 254 g/mol. The third-order valence-corrected chi connectivity index (χ3v) is 4.19. The molecule has 0 radical (unpaired) electrons. The summed E-state index contributed by atoms with van der Waals surface area (Å²) in [6.45, 7) is 1.97. The number of fused-ring (bicyclic) bond motifs is 2. The van der Waals surface area contributed by atoms with Crippen LogP contribution in [0.25, 0.3) is 0 Å². The number of thiazole rings is 1. The van der Waals surface area contributed by atoms with E-state index in [0.29, 0.717) is 5.13 Å². The predicted octanol–water partition coefficient (Wildman–Crippen LogP) is 2.90. The molecule has 1 N–H and O–H groups in total. The second kappa shape index (κ2) is 3.29. The van der Waals surface area contributed by atoms with Gasteiger partial charge in [-0.1, -0.05) is 6.08 Å². The molecule has 88 valence electrons. The number of nitrogens with zero attached hydrogens (tertiary/aromatic N) is 1. The van der Waals surface area contributed by atoms with Crippen molar-refractivity contribution in [1.29, 1.82) is 0 Å². The first-order valence-corrected chi connectivity index (χ1v) is 6.64. The standard InChI is InChI=1S/C14H10N2OS/c1-7-6-15-14(18-7)16-13(17)10-3-2-9-11-4-8(11)5-12(9)10/h2-3,5-6H,4H2,1H3,(H,15,16,17). The van der Waals surface area contributed by atoms with Crippen molar-refractivity contribution in [3.63, 3.8) is 0 Å². The molecule has 3 aliphatic carbocycles. The summed E-state index contributed by atoms with van der Waals surface area (Å²) in [5, 5.41) is 3.52. The fourth-order valence-electron chi connectivity index (χ4n) is 2.41. The number of allylic oxidation sites excluding steroid dienone is 6. The molecule has 1 aromatic rings. The minimum Gasteiger partial charge on any atom is -0.298 e. The van der Waals surface area contributed by atoms with Crippen LogP contribution in [0.1, 0.15) is 11.3 Å². The van der Waals surface area contributed by atoms with E-state index in [2.05, 4.69) is 16.4 Å². The van der Waals surface area contributed by atoms with Gasteiger partial charge in [-0.2, -0.15) is 0 Å². The summed E-state index contributed by atoms with van der Waals surface area (Å²) in [4.78, 5) is 17.4. The highest BCUT2D eigenvalue weighted by atomic mass is 32.1. The van der Waals surface area contributed by atoms with Gasteiger partial charge in [0.2, 0.25) is 0 Å². The van der Waals surface area contributed by atoms with E-state index in [-0.39, 0.29) is 5.91 Å². The lowest BCUT2D eigenvalue weighted by atomic mass is 10.1. The van der Waals surface area contributed by atoms with Crippen LogP contribution in [0.15, 0.2) is 52.3 Å². The number of hydrogen-bond acceptors (Lipinski definition) is 3. The molecule has 1 fully saturated rings. The largest absolute Gasteiger partial charge is 0.298 e. The van der Waals surface area contributed by atoms with Crippen LogP contribution in [0.5, 0.6) is 0 Å². The van der Waals surface area contributed by atoms with Gasteiger partial charge in [0.15, 0.2) is 5.13 Å². The number of carbonyl (C=O) groups excluding carboxylic acids is 1. The lowest BCUT2D eigenvalue weighted by Gasteiger charge is -2.03.